The van der Waals surface area contributed by atoms with E-state index in [1.807, 2.05) is 19.7 Å². The summed E-state index contributed by atoms with van der Waals surface area (Å²) in [5.41, 5.74) is 1.32. The quantitative estimate of drug-likeness (QED) is 0.392. The molecular weight excluding hydrogens is 271 g/mol. The van der Waals surface area contributed by atoms with Gasteiger partial charge >= 0.3 is 7.60 Å². The maximum atomic E-state index is 12.6. The third-order valence-electron chi connectivity index (χ3n) is 3.89. The summed E-state index contributed by atoms with van der Waals surface area (Å²) in [6, 6.07) is 0. The summed E-state index contributed by atoms with van der Waals surface area (Å²) in [5, 5.41) is 0. The lowest BCUT2D eigenvalue weighted by Crippen LogP contribution is -2.11. The van der Waals surface area contributed by atoms with Crippen LogP contribution in [0.2, 0.25) is 0 Å². The van der Waals surface area contributed by atoms with Gasteiger partial charge in [0.15, 0.2) is 0 Å². The third kappa shape index (κ3) is 6.11. The van der Waals surface area contributed by atoms with Crippen molar-refractivity contribution in [1.29, 1.82) is 0 Å². The maximum absolute atomic E-state index is 12.6. The predicted octanol–water partition coefficient (Wildman–Crippen LogP) is 5.91. The van der Waals surface area contributed by atoms with E-state index in [0.717, 1.165) is 6.42 Å². The molecule has 1 saturated carbocycles. The van der Waals surface area contributed by atoms with Crippen molar-refractivity contribution in [1.82, 2.24) is 0 Å². The van der Waals surface area contributed by atoms with Crippen molar-refractivity contribution in [3.05, 3.63) is 11.4 Å². The Bertz CT molecular complexity index is 329. The topological polar surface area (TPSA) is 35.5 Å². The molecule has 0 bridgehead atoms. The number of unbranched alkanes of at least 4 members (excludes halogenated alkanes) is 2. The summed E-state index contributed by atoms with van der Waals surface area (Å²) in [6.07, 6.45) is 9.81. The fourth-order valence-electron chi connectivity index (χ4n) is 2.92. The molecule has 0 aromatic carbocycles. The summed E-state index contributed by atoms with van der Waals surface area (Å²) in [6.45, 7) is 6.83. The first-order valence-electron chi connectivity index (χ1n) is 8.25. The molecule has 0 aliphatic heterocycles. The molecule has 0 spiro atoms. The normalized spacial score (nSPS) is 22.4. The van der Waals surface area contributed by atoms with Crippen LogP contribution in [0.3, 0.4) is 0 Å². The molecule has 1 aliphatic rings. The van der Waals surface area contributed by atoms with E-state index in [4.69, 9.17) is 9.05 Å². The molecule has 0 aromatic rings. The van der Waals surface area contributed by atoms with Gasteiger partial charge in [0.2, 0.25) is 0 Å². The molecule has 118 valence electrons. The average molecular weight is 302 g/mol. The number of hydrogen-bond donors (Lipinski definition) is 0. The van der Waals surface area contributed by atoms with Crippen molar-refractivity contribution in [2.24, 2.45) is 5.92 Å². The van der Waals surface area contributed by atoms with Crippen molar-refractivity contribution in [3.63, 3.8) is 0 Å². The van der Waals surface area contributed by atoms with Gasteiger partial charge in [-0.3, -0.25) is 4.57 Å². The smallest absolute Gasteiger partial charge is 0.306 e. The molecule has 3 nitrogen and oxygen atoms in total. The minimum absolute atomic E-state index is 0.432. The number of allylic oxidation sites excluding steroid dienone is 1. The summed E-state index contributed by atoms with van der Waals surface area (Å²) in [5.74, 6) is 2.43. The molecule has 1 rings (SSSR count). The van der Waals surface area contributed by atoms with Gasteiger partial charge in [-0.25, -0.2) is 0 Å². The van der Waals surface area contributed by atoms with Gasteiger partial charge in [-0.05, 0) is 45.4 Å². The minimum atomic E-state index is -3.03. The SMILES string of the molecule is CCCCCC1CCCC/C1=C\P(=O)(OCC)OCC. The van der Waals surface area contributed by atoms with Crippen LogP contribution in [0, 0.1) is 5.92 Å². The number of hydrogen-bond acceptors (Lipinski definition) is 3. The zero-order valence-corrected chi connectivity index (χ0v) is 14.3. The molecule has 1 unspecified atom stereocenters. The van der Waals surface area contributed by atoms with Crippen LogP contribution in [0.15, 0.2) is 11.4 Å². The molecule has 1 atom stereocenters. The molecular formula is C16H31O3P. The maximum Gasteiger partial charge on any atom is 0.354 e. The Morgan fingerprint density at radius 1 is 1.15 bits per heavy atom. The summed E-state index contributed by atoms with van der Waals surface area (Å²) >= 11 is 0. The largest absolute Gasteiger partial charge is 0.354 e. The van der Waals surface area contributed by atoms with Gasteiger partial charge in [-0.2, -0.15) is 0 Å². The molecule has 0 aromatic heterocycles. The first-order chi connectivity index (χ1) is 9.65. The summed E-state index contributed by atoms with van der Waals surface area (Å²) in [7, 11) is -3.03. The van der Waals surface area contributed by atoms with Crippen LogP contribution in [-0.2, 0) is 13.6 Å². The zero-order chi connectivity index (χ0) is 14.8. The molecule has 0 amide bonds. The van der Waals surface area contributed by atoms with Crippen molar-refractivity contribution >= 4 is 7.60 Å². The van der Waals surface area contributed by atoms with Crippen LogP contribution >= 0.6 is 7.60 Å². The zero-order valence-electron chi connectivity index (χ0n) is 13.4. The molecule has 4 heteroatoms. The molecule has 1 fully saturated rings. The number of rotatable bonds is 9. The Morgan fingerprint density at radius 2 is 1.85 bits per heavy atom. The van der Waals surface area contributed by atoms with Gasteiger partial charge < -0.3 is 9.05 Å². The van der Waals surface area contributed by atoms with Crippen LogP contribution < -0.4 is 0 Å². The first kappa shape index (κ1) is 17.9. The standard InChI is InChI=1S/C16H31O3P/c1-4-7-8-11-15-12-9-10-13-16(15)14-20(17,18-5-2)19-6-3/h14-15H,4-13H2,1-3H3/b16-14+. The summed E-state index contributed by atoms with van der Waals surface area (Å²) < 4.78 is 23.4. The van der Waals surface area contributed by atoms with Gasteiger partial charge in [0.05, 0.1) is 13.2 Å². The van der Waals surface area contributed by atoms with E-state index in [1.165, 1.54) is 50.5 Å². The van der Waals surface area contributed by atoms with Crippen LogP contribution in [-0.4, -0.2) is 13.2 Å². The lowest BCUT2D eigenvalue weighted by molar-refractivity contribution is 0.228. The van der Waals surface area contributed by atoms with Crippen molar-refractivity contribution in [3.8, 4) is 0 Å². The Hall–Kier alpha value is -0.110. The first-order valence-corrected chi connectivity index (χ1v) is 9.86. The van der Waals surface area contributed by atoms with E-state index in [9.17, 15) is 4.57 Å². The second-order valence-electron chi connectivity index (χ2n) is 5.52. The highest BCUT2D eigenvalue weighted by atomic mass is 31.2. The Morgan fingerprint density at radius 3 is 2.45 bits per heavy atom. The summed E-state index contributed by atoms with van der Waals surface area (Å²) in [4.78, 5) is 0. The van der Waals surface area contributed by atoms with Crippen molar-refractivity contribution in [2.45, 2.75) is 72.1 Å². The molecule has 0 N–H and O–H groups in total. The molecule has 0 radical (unpaired) electrons. The molecule has 20 heavy (non-hydrogen) atoms. The molecule has 0 heterocycles. The van der Waals surface area contributed by atoms with Crippen LogP contribution in [0.5, 0.6) is 0 Å². The predicted molar refractivity (Wildman–Crippen MR) is 85.0 cm³/mol. The lowest BCUT2D eigenvalue weighted by Gasteiger charge is -2.27. The van der Waals surface area contributed by atoms with Crippen LogP contribution in [0.1, 0.15) is 72.1 Å². The fraction of sp³-hybridized carbons (Fsp3) is 0.875. The molecule has 0 saturated heterocycles. The van der Waals surface area contributed by atoms with Gasteiger partial charge in [0.1, 0.15) is 0 Å². The van der Waals surface area contributed by atoms with E-state index >= 15 is 0 Å². The van der Waals surface area contributed by atoms with E-state index < -0.39 is 7.60 Å². The highest BCUT2D eigenvalue weighted by Crippen LogP contribution is 2.52. The second kappa shape index (κ2) is 9.76. The van der Waals surface area contributed by atoms with Gasteiger partial charge in [0, 0.05) is 5.82 Å². The Labute approximate surface area is 124 Å². The van der Waals surface area contributed by atoms with E-state index in [-0.39, 0.29) is 0 Å². The second-order valence-corrected chi connectivity index (χ2v) is 7.37. The third-order valence-corrected chi connectivity index (χ3v) is 5.77. The lowest BCUT2D eigenvalue weighted by atomic mass is 9.82. The highest BCUT2D eigenvalue weighted by Gasteiger charge is 2.26. The van der Waals surface area contributed by atoms with Gasteiger partial charge in [-0.1, -0.05) is 38.2 Å². The van der Waals surface area contributed by atoms with Gasteiger partial charge in [0.25, 0.3) is 0 Å². The fourth-order valence-corrected chi connectivity index (χ4v) is 4.61. The molecule has 1 aliphatic carbocycles. The Balaban J connectivity index is 2.75. The monoisotopic (exact) mass is 302 g/mol. The van der Waals surface area contributed by atoms with Crippen molar-refractivity contribution in [2.75, 3.05) is 13.2 Å². The highest BCUT2D eigenvalue weighted by molar-refractivity contribution is 7.57. The van der Waals surface area contributed by atoms with E-state index in [2.05, 4.69) is 6.92 Å². The minimum Gasteiger partial charge on any atom is -0.306 e. The van der Waals surface area contributed by atoms with Crippen LogP contribution in [0.25, 0.3) is 0 Å². The van der Waals surface area contributed by atoms with Crippen molar-refractivity contribution < 1.29 is 13.6 Å². The Kier molecular flexibility index (Phi) is 8.75. The van der Waals surface area contributed by atoms with E-state index in [0.29, 0.717) is 19.1 Å². The van der Waals surface area contributed by atoms with E-state index in [1.54, 1.807) is 0 Å². The average Bonchev–Trinajstić information content (AvgIpc) is 2.41. The van der Waals surface area contributed by atoms with Gasteiger partial charge in [-0.15, -0.1) is 0 Å². The van der Waals surface area contributed by atoms with Crippen LogP contribution in [0.4, 0.5) is 0 Å².